The minimum absolute atomic E-state index is 0. The Hall–Kier alpha value is 0.640. The first-order valence-electron chi connectivity index (χ1n) is 6.60. The summed E-state index contributed by atoms with van der Waals surface area (Å²) in [4.78, 5) is 0. The second-order valence-electron chi connectivity index (χ2n) is 3.93. The first-order chi connectivity index (χ1) is 9.00. The summed E-state index contributed by atoms with van der Waals surface area (Å²) < 4.78 is 0. The van der Waals surface area contributed by atoms with Crippen molar-refractivity contribution in [2.24, 2.45) is 0 Å². The molecule has 0 aromatic heterocycles. The summed E-state index contributed by atoms with van der Waals surface area (Å²) in [5.41, 5.74) is 0. The zero-order valence-electron chi connectivity index (χ0n) is 13.0. The van der Waals surface area contributed by atoms with Crippen molar-refractivity contribution < 1.29 is 23.3 Å². The predicted octanol–water partition coefficient (Wildman–Crippen LogP) is 5.14. The van der Waals surface area contributed by atoms with Gasteiger partial charge in [-0.15, -0.1) is 37.7 Å². The van der Waals surface area contributed by atoms with Gasteiger partial charge in [0, 0.05) is 0 Å². The molecule has 0 aliphatic heterocycles. The van der Waals surface area contributed by atoms with E-state index in [1.54, 1.807) is 23.3 Å². The van der Waals surface area contributed by atoms with Crippen molar-refractivity contribution in [3.8, 4) is 0 Å². The molecule has 3 aliphatic rings. The standard InChI is InChI=1S/C6H11.2C5H5.CH3.2ClH.H2Si.Zr/c1-2-4-6-5-3-1;2*1-2-4-5-3-1;;;;;/h1H,2-6H2;2*1-3H,4H2;1H3;2*1H;1H2;/q4*-1;;;;. The van der Waals surface area contributed by atoms with Crippen molar-refractivity contribution in [2.75, 3.05) is 0 Å². The van der Waals surface area contributed by atoms with Gasteiger partial charge in [0.15, 0.2) is 0 Å². The van der Waals surface area contributed by atoms with Crippen LogP contribution >= 0.6 is 24.8 Å². The van der Waals surface area contributed by atoms with Gasteiger partial charge in [-0.2, -0.15) is 25.0 Å². The first-order valence-corrected chi connectivity index (χ1v) is 12.5. The Morgan fingerprint density at radius 1 is 0.810 bits per heavy atom. The monoisotopic (exact) mass is 420 g/mol. The van der Waals surface area contributed by atoms with E-state index in [4.69, 9.17) is 0 Å². The van der Waals surface area contributed by atoms with E-state index in [1.165, 1.54) is 32.1 Å². The van der Waals surface area contributed by atoms with Crippen LogP contribution in [0, 0.1) is 26.0 Å². The van der Waals surface area contributed by atoms with E-state index >= 15 is 0 Å². The van der Waals surface area contributed by atoms with E-state index in [0.717, 1.165) is 12.8 Å². The van der Waals surface area contributed by atoms with E-state index in [1.807, 2.05) is 31.2 Å². The molecule has 0 saturated heterocycles. The Morgan fingerprint density at radius 3 is 1.33 bits per heavy atom. The van der Waals surface area contributed by atoms with Gasteiger partial charge in [0.2, 0.25) is 0 Å². The molecule has 122 valence electrons. The zero-order chi connectivity index (χ0) is 13.3. The van der Waals surface area contributed by atoms with Crippen molar-refractivity contribution in [3.05, 3.63) is 62.5 Å². The van der Waals surface area contributed by atoms with Crippen LogP contribution in [0.25, 0.3) is 0 Å². The molecule has 0 heterocycles. The molecule has 4 heteroatoms. The van der Waals surface area contributed by atoms with Crippen LogP contribution in [-0.4, -0.2) is 6.88 Å². The average molecular weight is 423 g/mol. The Bertz CT molecular complexity index is 229. The summed E-state index contributed by atoms with van der Waals surface area (Å²) in [7, 11) is 0. The normalized spacial score (nSPS) is 15.4. The molecular weight excluding hydrogens is 394 g/mol. The maximum atomic E-state index is 2.99. The second kappa shape index (κ2) is 28.8. The van der Waals surface area contributed by atoms with Crippen LogP contribution in [0.1, 0.15) is 44.9 Å². The van der Waals surface area contributed by atoms with Gasteiger partial charge in [-0.3, -0.25) is 12.2 Å². The third-order valence-corrected chi connectivity index (χ3v) is 2.49. The van der Waals surface area contributed by atoms with Crippen molar-refractivity contribution >= 4 is 31.7 Å². The zero-order valence-corrected chi connectivity index (χ0v) is 18.5. The summed E-state index contributed by atoms with van der Waals surface area (Å²) in [5.74, 6) is 0. The van der Waals surface area contributed by atoms with Gasteiger partial charge in [-0.25, -0.2) is 24.3 Å². The summed E-state index contributed by atoms with van der Waals surface area (Å²) >= 11 is 1.58. The molecule has 21 heavy (non-hydrogen) atoms. The van der Waals surface area contributed by atoms with Gasteiger partial charge in [-0.1, -0.05) is 19.3 Å². The quantitative estimate of drug-likeness (QED) is 0.374. The molecule has 0 radical (unpaired) electrons. The molecule has 0 aromatic rings. The summed E-state index contributed by atoms with van der Waals surface area (Å²) in [5, 5.41) is 0. The van der Waals surface area contributed by atoms with Crippen LogP contribution in [0.2, 0.25) is 0 Å². The fourth-order valence-corrected chi connectivity index (χ4v) is 1.58. The SMILES string of the molecule is Cl.Cl.[C-]1=CC=CC1.[C-]1=CC=CC1.[CH-]1CCCCC1.[CH3-].[SiH2]=[Zr]. The molecule has 0 atom stereocenters. The van der Waals surface area contributed by atoms with Gasteiger partial charge >= 0.3 is 30.2 Å². The van der Waals surface area contributed by atoms with Crippen molar-refractivity contribution in [1.82, 2.24) is 0 Å². The molecule has 0 spiro atoms. The molecule has 0 amide bonds. The molecule has 1 fully saturated rings. The minimum atomic E-state index is 0. The molecule has 1 saturated carbocycles. The van der Waals surface area contributed by atoms with Gasteiger partial charge < -0.3 is 13.8 Å². The first kappa shape index (κ1) is 29.6. The van der Waals surface area contributed by atoms with E-state index in [-0.39, 0.29) is 32.2 Å². The molecule has 0 bridgehead atoms. The molecule has 0 N–H and O–H groups in total. The van der Waals surface area contributed by atoms with Crippen LogP contribution in [0.5, 0.6) is 0 Å². The fraction of sp³-hybridized carbons (Fsp3) is 0.412. The molecular formula is C17H28Cl2SiZr-4. The van der Waals surface area contributed by atoms with E-state index in [0.29, 0.717) is 0 Å². The third-order valence-electron chi connectivity index (χ3n) is 2.49. The number of hydrogen-bond donors (Lipinski definition) is 0. The van der Waals surface area contributed by atoms with Crippen LogP contribution < -0.4 is 0 Å². The second-order valence-corrected chi connectivity index (χ2v) is 3.93. The number of halogens is 2. The Kier molecular flexibility index (Phi) is 40.6. The van der Waals surface area contributed by atoms with Gasteiger partial charge in [0.1, 0.15) is 0 Å². The van der Waals surface area contributed by atoms with Crippen LogP contribution in [0.4, 0.5) is 0 Å². The Balaban J connectivity index is -0.0000000916. The Morgan fingerprint density at radius 2 is 1.24 bits per heavy atom. The molecule has 3 rings (SSSR count). The maximum absolute atomic E-state index is 2.99. The molecule has 3 aliphatic carbocycles. The van der Waals surface area contributed by atoms with Crippen LogP contribution in [0.3, 0.4) is 0 Å². The van der Waals surface area contributed by atoms with Crippen LogP contribution in [0.15, 0.2) is 36.5 Å². The van der Waals surface area contributed by atoms with Gasteiger partial charge in [0.25, 0.3) is 0 Å². The van der Waals surface area contributed by atoms with E-state index < -0.39 is 0 Å². The number of rotatable bonds is 0. The van der Waals surface area contributed by atoms with Gasteiger partial charge in [0.05, 0.1) is 0 Å². The van der Waals surface area contributed by atoms with E-state index in [9.17, 15) is 0 Å². The summed E-state index contributed by atoms with van der Waals surface area (Å²) in [6.07, 6.45) is 29.5. The van der Waals surface area contributed by atoms with Crippen LogP contribution in [-0.2, 0) is 23.3 Å². The molecule has 0 unspecified atom stereocenters. The summed E-state index contributed by atoms with van der Waals surface area (Å²) in [6, 6.07) is 0. The van der Waals surface area contributed by atoms with Crippen molar-refractivity contribution in [3.63, 3.8) is 0 Å². The van der Waals surface area contributed by atoms with Crippen molar-refractivity contribution in [2.45, 2.75) is 44.9 Å². The molecule has 0 aromatic carbocycles. The van der Waals surface area contributed by atoms with E-state index in [2.05, 4.69) is 30.7 Å². The number of allylic oxidation sites excluding steroid dienone is 8. The Labute approximate surface area is 161 Å². The average Bonchev–Trinajstić information content (AvgIpc) is 3.21. The topological polar surface area (TPSA) is 0 Å². The predicted molar refractivity (Wildman–Crippen MR) is 100.0 cm³/mol. The third kappa shape index (κ3) is 25.9. The molecule has 0 nitrogen and oxygen atoms in total. The fourth-order valence-electron chi connectivity index (χ4n) is 1.58. The van der Waals surface area contributed by atoms with Crippen molar-refractivity contribution in [1.29, 1.82) is 0 Å². The van der Waals surface area contributed by atoms with Gasteiger partial charge in [-0.05, 0) is 0 Å². The number of hydrogen-bond acceptors (Lipinski definition) is 0. The summed E-state index contributed by atoms with van der Waals surface area (Å²) in [6.45, 7) is 1.95.